The van der Waals surface area contributed by atoms with Crippen LogP contribution < -0.4 is 0 Å². The average Bonchev–Trinajstić information content (AvgIpc) is 2.72. The summed E-state index contributed by atoms with van der Waals surface area (Å²) in [5.74, 6) is 0.298. The maximum Gasteiger partial charge on any atom is 0.116 e. The normalized spacial score (nSPS) is 10.9. The van der Waals surface area contributed by atoms with Gasteiger partial charge in [-0.15, -0.1) is 0 Å². The van der Waals surface area contributed by atoms with Crippen molar-refractivity contribution in [3.8, 4) is 17.0 Å². The first-order valence-electron chi connectivity index (χ1n) is 5.61. The number of H-pyrrole nitrogens is 1. The first kappa shape index (κ1) is 9.97. The molecule has 2 aromatic carbocycles. The third-order valence-electron chi connectivity index (χ3n) is 2.93. The minimum atomic E-state index is 0.298. The summed E-state index contributed by atoms with van der Waals surface area (Å²) in [4.78, 5) is 3.36. The second-order valence-corrected chi connectivity index (χ2v) is 4.32. The van der Waals surface area contributed by atoms with Crippen LogP contribution in [0.5, 0.6) is 5.75 Å². The summed E-state index contributed by atoms with van der Waals surface area (Å²) in [6.07, 6.45) is 0. The van der Waals surface area contributed by atoms with Gasteiger partial charge in [0.15, 0.2) is 0 Å². The van der Waals surface area contributed by atoms with E-state index in [0.29, 0.717) is 5.75 Å². The zero-order valence-corrected chi connectivity index (χ0v) is 9.57. The summed E-state index contributed by atoms with van der Waals surface area (Å²) in [5.41, 5.74) is 4.53. The van der Waals surface area contributed by atoms with Crippen LogP contribution in [0, 0.1) is 6.92 Å². The predicted octanol–water partition coefficient (Wildman–Crippen LogP) is 3.85. The molecule has 3 aromatic rings. The Morgan fingerprint density at radius 1 is 1.00 bits per heavy atom. The SMILES string of the molecule is Cc1cccc(-c2cc3cc(O)ccc3[nH]2)c1. The molecule has 0 aliphatic rings. The van der Waals surface area contributed by atoms with Gasteiger partial charge in [-0.25, -0.2) is 0 Å². The van der Waals surface area contributed by atoms with Gasteiger partial charge < -0.3 is 10.1 Å². The van der Waals surface area contributed by atoms with Crippen molar-refractivity contribution in [2.75, 3.05) is 0 Å². The van der Waals surface area contributed by atoms with Crippen LogP contribution in [0.15, 0.2) is 48.5 Å². The van der Waals surface area contributed by atoms with Gasteiger partial charge in [-0.3, -0.25) is 0 Å². The standard InChI is InChI=1S/C15H13NO/c1-10-3-2-4-11(7-10)15-9-12-8-13(17)5-6-14(12)16-15/h2-9,16-17H,1H3. The van der Waals surface area contributed by atoms with Gasteiger partial charge in [-0.1, -0.05) is 23.8 Å². The van der Waals surface area contributed by atoms with Crippen LogP contribution in [-0.4, -0.2) is 10.1 Å². The molecule has 1 aromatic heterocycles. The molecule has 3 rings (SSSR count). The Hall–Kier alpha value is -2.22. The highest BCUT2D eigenvalue weighted by atomic mass is 16.3. The van der Waals surface area contributed by atoms with Crippen molar-refractivity contribution in [3.63, 3.8) is 0 Å². The molecule has 1 heterocycles. The van der Waals surface area contributed by atoms with E-state index in [2.05, 4.69) is 36.2 Å². The molecule has 0 aliphatic heterocycles. The molecule has 2 heteroatoms. The van der Waals surface area contributed by atoms with Gasteiger partial charge in [0.1, 0.15) is 5.75 Å². The van der Waals surface area contributed by atoms with E-state index in [1.165, 1.54) is 11.1 Å². The Balaban J connectivity index is 2.18. The number of rotatable bonds is 1. The van der Waals surface area contributed by atoms with Crippen molar-refractivity contribution in [1.29, 1.82) is 0 Å². The number of hydrogen-bond acceptors (Lipinski definition) is 1. The summed E-state index contributed by atoms with van der Waals surface area (Å²) >= 11 is 0. The van der Waals surface area contributed by atoms with Gasteiger partial charge in [0.2, 0.25) is 0 Å². The van der Waals surface area contributed by atoms with Crippen LogP contribution in [0.25, 0.3) is 22.2 Å². The van der Waals surface area contributed by atoms with Crippen molar-refractivity contribution in [3.05, 3.63) is 54.1 Å². The Kier molecular flexibility index (Phi) is 2.15. The zero-order valence-electron chi connectivity index (χ0n) is 9.57. The Labute approximate surface area is 99.5 Å². The molecule has 2 nitrogen and oxygen atoms in total. The third-order valence-corrected chi connectivity index (χ3v) is 2.93. The molecule has 0 saturated carbocycles. The minimum absolute atomic E-state index is 0.298. The van der Waals surface area contributed by atoms with Gasteiger partial charge in [0, 0.05) is 16.6 Å². The Morgan fingerprint density at radius 3 is 2.71 bits per heavy atom. The fourth-order valence-electron chi connectivity index (χ4n) is 2.09. The molecular weight excluding hydrogens is 210 g/mol. The highest BCUT2D eigenvalue weighted by Crippen LogP contribution is 2.26. The van der Waals surface area contributed by atoms with Crippen LogP contribution >= 0.6 is 0 Å². The quantitative estimate of drug-likeness (QED) is 0.645. The first-order chi connectivity index (χ1) is 8.22. The van der Waals surface area contributed by atoms with Crippen molar-refractivity contribution in [2.24, 2.45) is 0 Å². The largest absolute Gasteiger partial charge is 0.508 e. The smallest absolute Gasteiger partial charge is 0.116 e. The van der Waals surface area contributed by atoms with Crippen LogP contribution in [0.4, 0.5) is 0 Å². The van der Waals surface area contributed by atoms with Gasteiger partial charge in [0.25, 0.3) is 0 Å². The fraction of sp³-hybridized carbons (Fsp3) is 0.0667. The second-order valence-electron chi connectivity index (χ2n) is 4.32. The van der Waals surface area contributed by atoms with Gasteiger partial charge >= 0.3 is 0 Å². The van der Waals surface area contributed by atoms with Gasteiger partial charge in [-0.2, -0.15) is 0 Å². The lowest BCUT2D eigenvalue weighted by molar-refractivity contribution is 0.476. The maximum absolute atomic E-state index is 9.44. The minimum Gasteiger partial charge on any atom is -0.508 e. The topological polar surface area (TPSA) is 36.0 Å². The number of aryl methyl sites for hydroxylation is 1. The first-order valence-corrected chi connectivity index (χ1v) is 5.61. The van der Waals surface area contributed by atoms with E-state index in [9.17, 15) is 5.11 Å². The fourth-order valence-corrected chi connectivity index (χ4v) is 2.09. The molecule has 0 atom stereocenters. The molecule has 0 spiro atoms. The van der Waals surface area contributed by atoms with Crippen molar-refractivity contribution >= 4 is 10.9 Å². The average molecular weight is 223 g/mol. The van der Waals surface area contributed by atoms with Crippen LogP contribution in [0.1, 0.15) is 5.56 Å². The van der Waals surface area contributed by atoms with E-state index in [1.54, 1.807) is 12.1 Å². The van der Waals surface area contributed by atoms with Crippen LogP contribution in [-0.2, 0) is 0 Å². The summed E-state index contributed by atoms with van der Waals surface area (Å²) in [5, 5.41) is 10.5. The van der Waals surface area contributed by atoms with E-state index >= 15 is 0 Å². The zero-order chi connectivity index (χ0) is 11.8. The number of fused-ring (bicyclic) bond motifs is 1. The lowest BCUT2D eigenvalue weighted by Gasteiger charge is -1.98. The second kappa shape index (κ2) is 3.67. The Morgan fingerprint density at radius 2 is 1.88 bits per heavy atom. The number of phenolic OH excluding ortho intramolecular Hbond substituents is 1. The van der Waals surface area contributed by atoms with E-state index in [4.69, 9.17) is 0 Å². The number of hydrogen-bond donors (Lipinski definition) is 2. The van der Waals surface area contributed by atoms with Crippen molar-refractivity contribution in [1.82, 2.24) is 4.98 Å². The highest BCUT2D eigenvalue weighted by Gasteiger charge is 2.03. The molecule has 17 heavy (non-hydrogen) atoms. The lowest BCUT2D eigenvalue weighted by Crippen LogP contribution is -1.78. The van der Waals surface area contributed by atoms with Crippen LogP contribution in [0.3, 0.4) is 0 Å². The number of phenols is 1. The van der Waals surface area contributed by atoms with Crippen molar-refractivity contribution in [2.45, 2.75) is 6.92 Å². The van der Waals surface area contributed by atoms with Gasteiger partial charge in [-0.05, 0) is 42.8 Å². The molecule has 0 bridgehead atoms. The van der Waals surface area contributed by atoms with E-state index in [0.717, 1.165) is 16.6 Å². The monoisotopic (exact) mass is 223 g/mol. The summed E-state index contributed by atoms with van der Waals surface area (Å²) in [7, 11) is 0. The Bertz CT molecular complexity index is 682. The lowest BCUT2D eigenvalue weighted by atomic mass is 10.1. The molecule has 0 fully saturated rings. The highest BCUT2D eigenvalue weighted by molar-refractivity contribution is 5.86. The van der Waals surface area contributed by atoms with Crippen molar-refractivity contribution < 1.29 is 5.11 Å². The number of aromatic hydroxyl groups is 1. The van der Waals surface area contributed by atoms with E-state index in [-0.39, 0.29) is 0 Å². The maximum atomic E-state index is 9.44. The summed E-state index contributed by atoms with van der Waals surface area (Å²) in [6.45, 7) is 2.08. The molecule has 0 aliphatic carbocycles. The molecule has 0 radical (unpaired) electrons. The molecule has 0 unspecified atom stereocenters. The third kappa shape index (κ3) is 1.78. The molecule has 0 amide bonds. The number of benzene rings is 2. The van der Waals surface area contributed by atoms with Crippen LogP contribution in [0.2, 0.25) is 0 Å². The van der Waals surface area contributed by atoms with E-state index < -0.39 is 0 Å². The number of aromatic nitrogens is 1. The predicted molar refractivity (Wildman–Crippen MR) is 70.1 cm³/mol. The summed E-state index contributed by atoms with van der Waals surface area (Å²) < 4.78 is 0. The molecule has 2 N–H and O–H groups in total. The molecular formula is C15H13NO. The molecule has 0 saturated heterocycles. The number of aromatic amines is 1. The molecule has 84 valence electrons. The summed E-state index contributed by atoms with van der Waals surface area (Å²) in [6, 6.07) is 15.8. The van der Waals surface area contributed by atoms with Gasteiger partial charge in [0.05, 0.1) is 0 Å². The van der Waals surface area contributed by atoms with E-state index in [1.807, 2.05) is 12.1 Å². The number of nitrogens with one attached hydrogen (secondary N) is 1.